The number of nitrogens with one attached hydrogen (secondary N) is 2. The highest BCUT2D eigenvalue weighted by atomic mass is 32.2. The molecule has 0 fully saturated rings. The predicted octanol–water partition coefficient (Wildman–Crippen LogP) is 4.12. The van der Waals surface area contributed by atoms with Crippen LogP contribution in [-0.4, -0.2) is 18.6 Å². The lowest BCUT2D eigenvalue weighted by Crippen LogP contribution is -2.11. The molecular weight excluding hydrogens is 342 g/mol. The molecule has 0 saturated heterocycles. The number of aromatic amines is 1. The molecule has 3 rings (SSSR count). The topological polar surface area (TPSA) is 74.8 Å². The molecule has 7 heteroatoms. The summed E-state index contributed by atoms with van der Waals surface area (Å²) in [6.07, 6.45) is 0.920. The van der Waals surface area contributed by atoms with Gasteiger partial charge < -0.3 is 0 Å². The lowest BCUT2D eigenvalue weighted by molar-refractivity contribution is 0.603. The second kappa shape index (κ2) is 6.41. The van der Waals surface area contributed by atoms with Gasteiger partial charge in [-0.3, -0.25) is 9.82 Å². The van der Waals surface area contributed by atoms with E-state index in [0.717, 1.165) is 28.2 Å². The number of benzene rings is 1. The van der Waals surface area contributed by atoms with Crippen LogP contribution < -0.4 is 4.72 Å². The fourth-order valence-electron chi connectivity index (χ4n) is 2.33. The number of aromatic nitrogens is 2. The number of H-pyrrole nitrogens is 1. The first-order chi connectivity index (χ1) is 11.4. The average molecular weight is 361 g/mol. The van der Waals surface area contributed by atoms with Gasteiger partial charge in [0.2, 0.25) is 0 Å². The Morgan fingerprint density at radius 1 is 1.12 bits per heavy atom. The summed E-state index contributed by atoms with van der Waals surface area (Å²) >= 11 is 1.21. The fraction of sp³-hybridized carbons (Fsp3) is 0.235. The molecule has 24 heavy (non-hydrogen) atoms. The standard InChI is InChI=1S/C17H19N3O2S2/c1-4-13-5-7-14(8-6-13)20-24(21,22)16-10-9-15(23-16)17-11(2)12(3)18-19-17/h5-10,20H,4H2,1-3H3,(H,18,19). The van der Waals surface area contributed by atoms with Crippen LogP contribution in [0.25, 0.3) is 10.6 Å². The number of rotatable bonds is 5. The minimum absolute atomic E-state index is 0.275. The molecule has 0 aliphatic carbocycles. The third-order valence-electron chi connectivity index (χ3n) is 3.95. The summed E-state index contributed by atoms with van der Waals surface area (Å²) < 4.78 is 28.0. The Labute approximate surface area is 145 Å². The van der Waals surface area contributed by atoms with Crippen molar-refractivity contribution in [1.29, 1.82) is 0 Å². The Kier molecular flexibility index (Phi) is 4.47. The van der Waals surface area contributed by atoms with E-state index in [0.29, 0.717) is 5.69 Å². The quantitative estimate of drug-likeness (QED) is 0.718. The number of hydrogen-bond donors (Lipinski definition) is 2. The molecule has 2 aromatic heterocycles. The molecule has 3 aromatic rings. The van der Waals surface area contributed by atoms with Crippen molar-refractivity contribution < 1.29 is 8.42 Å². The van der Waals surface area contributed by atoms with Gasteiger partial charge in [0.15, 0.2) is 0 Å². The molecule has 126 valence electrons. The first-order valence-corrected chi connectivity index (χ1v) is 9.94. The lowest BCUT2D eigenvalue weighted by Gasteiger charge is -2.06. The number of hydrogen-bond acceptors (Lipinski definition) is 4. The van der Waals surface area contributed by atoms with Crippen molar-refractivity contribution in [2.75, 3.05) is 4.72 Å². The highest BCUT2D eigenvalue weighted by Crippen LogP contribution is 2.33. The van der Waals surface area contributed by atoms with Gasteiger partial charge in [-0.15, -0.1) is 11.3 Å². The summed E-state index contributed by atoms with van der Waals surface area (Å²) in [7, 11) is -3.60. The van der Waals surface area contributed by atoms with Crippen LogP contribution in [-0.2, 0) is 16.4 Å². The van der Waals surface area contributed by atoms with Crippen LogP contribution in [0.1, 0.15) is 23.7 Å². The molecule has 0 aliphatic rings. The molecule has 2 heterocycles. The molecule has 0 bridgehead atoms. The molecule has 2 N–H and O–H groups in total. The van der Waals surface area contributed by atoms with Crippen molar-refractivity contribution in [3.63, 3.8) is 0 Å². The molecule has 0 radical (unpaired) electrons. The largest absolute Gasteiger partial charge is 0.282 e. The summed E-state index contributed by atoms with van der Waals surface area (Å²) in [6, 6.07) is 10.8. The molecule has 0 amide bonds. The minimum Gasteiger partial charge on any atom is -0.282 e. The van der Waals surface area contributed by atoms with E-state index in [1.54, 1.807) is 24.3 Å². The van der Waals surface area contributed by atoms with Crippen LogP contribution in [0.4, 0.5) is 5.69 Å². The van der Waals surface area contributed by atoms with Crippen LogP contribution in [0.2, 0.25) is 0 Å². The van der Waals surface area contributed by atoms with Crippen LogP contribution >= 0.6 is 11.3 Å². The third-order valence-corrected chi connectivity index (χ3v) is 6.91. The molecular formula is C17H19N3O2S2. The van der Waals surface area contributed by atoms with Gasteiger partial charge >= 0.3 is 0 Å². The SMILES string of the molecule is CCc1ccc(NS(=O)(=O)c2ccc(-c3n[nH]c(C)c3C)s2)cc1. The number of thiophene rings is 1. The van der Waals surface area contributed by atoms with E-state index < -0.39 is 10.0 Å². The van der Waals surface area contributed by atoms with E-state index in [1.807, 2.05) is 26.0 Å². The maximum absolute atomic E-state index is 12.6. The Bertz CT molecular complexity index is 954. The smallest absolute Gasteiger partial charge is 0.271 e. The summed E-state index contributed by atoms with van der Waals surface area (Å²) in [5.41, 5.74) is 4.54. The van der Waals surface area contributed by atoms with Crippen molar-refractivity contribution in [2.24, 2.45) is 0 Å². The zero-order valence-electron chi connectivity index (χ0n) is 13.8. The van der Waals surface area contributed by atoms with E-state index in [2.05, 4.69) is 21.8 Å². The molecule has 1 aromatic carbocycles. The van der Waals surface area contributed by atoms with Gasteiger partial charge in [-0.05, 0) is 55.7 Å². The highest BCUT2D eigenvalue weighted by molar-refractivity contribution is 7.94. The maximum Gasteiger partial charge on any atom is 0.271 e. The number of nitrogens with zero attached hydrogens (tertiary/aromatic N) is 1. The zero-order valence-corrected chi connectivity index (χ0v) is 15.4. The van der Waals surface area contributed by atoms with E-state index in [9.17, 15) is 8.42 Å². The maximum atomic E-state index is 12.6. The van der Waals surface area contributed by atoms with Gasteiger partial charge in [-0.2, -0.15) is 5.10 Å². The monoisotopic (exact) mass is 361 g/mol. The van der Waals surface area contributed by atoms with Gasteiger partial charge in [0.1, 0.15) is 9.90 Å². The molecule has 0 unspecified atom stereocenters. The van der Waals surface area contributed by atoms with Crippen LogP contribution in [0.5, 0.6) is 0 Å². The van der Waals surface area contributed by atoms with Gasteiger partial charge in [0.25, 0.3) is 10.0 Å². The molecule has 0 spiro atoms. The number of aryl methyl sites for hydroxylation is 2. The van der Waals surface area contributed by atoms with Crippen LogP contribution in [0.15, 0.2) is 40.6 Å². The van der Waals surface area contributed by atoms with Gasteiger partial charge in [-0.25, -0.2) is 8.42 Å². The minimum atomic E-state index is -3.60. The van der Waals surface area contributed by atoms with E-state index in [4.69, 9.17) is 0 Å². The predicted molar refractivity (Wildman–Crippen MR) is 98.0 cm³/mol. The Hall–Kier alpha value is -2.12. The Morgan fingerprint density at radius 3 is 2.42 bits per heavy atom. The van der Waals surface area contributed by atoms with E-state index in [1.165, 1.54) is 16.9 Å². The average Bonchev–Trinajstić information content (AvgIpc) is 3.16. The van der Waals surface area contributed by atoms with Crippen molar-refractivity contribution in [1.82, 2.24) is 10.2 Å². The Morgan fingerprint density at radius 2 is 1.83 bits per heavy atom. The molecule has 0 saturated carbocycles. The van der Waals surface area contributed by atoms with Crippen LogP contribution in [0.3, 0.4) is 0 Å². The van der Waals surface area contributed by atoms with Gasteiger partial charge in [-0.1, -0.05) is 19.1 Å². The second-order valence-corrected chi connectivity index (χ2v) is 8.59. The molecule has 5 nitrogen and oxygen atoms in total. The highest BCUT2D eigenvalue weighted by Gasteiger charge is 2.19. The zero-order chi connectivity index (χ0) is 17.3. The summed E-state index contributed by atoms with van der Waals surface area (Å²) in [6.45, 7) is 5.97. The third kappa shape index (κ3) is 3.22. The lowest BCUT2D eigenvalue weighted by atomic mass is 10.2. The summed E-state index contributed by atoms with van der Waals surface area (Å²) in [4.78, 5) is 0.832. The van der Waals surface area contributed by atoms with E-state index >= 15 is 0 Å². The number of sulfonamides is 1. The Balaban J connectivity index is 1.86. The second-order valence-electron chi connectivity index (χ2n) is 5.60. The summed E-state index contributed by atoms with van der Waals surface area (Å²) in [5, 5.41) is 7.18. The first-order valence-electron chi connectivity index (χ1n) is 7.64. The molecule has 0 aliphatic heterocycles. The van der Waals surface area contributed by atoms with Gasteiger partial charge in [0.05, 0.1) is 4.88 Å². The van der Waals surface area contributed by atoms with Crippen molar-refractivity contribution in [3.05, 3.63) is 53.2 Å². The van der Waals surface area contributed by atoms with E-state index in [-0.39, 0.29) is 4.21 Å². The van der Waals surface area contributed by atoms with Crippen LogP contribution in [0, 0.1) is 13.8 Å². The first kappa shape index (κ1) is 16.7. The number of anilines is 1. The normalized spacial score (nSPS) is 11.6. The summed E-state index contributed by atoms with van der Waals surface area (Å²) in [5.74, 6) is 0. The van der Waals surface area contributed by atoms with Crippen molar-refractivity contribution >= 4 is 27.0 Å². The van der Waals surface area contributed by atoms with Gasteiger partial charge in [0, 0.05) is 11.4 Å². The van der Waals surface area contributed by atoms with Crippen molar-refractivity contribution in [3.8, 4) is 10.6 Å². The fourth-order valence-corrected chi connectivity index (χ4v) is 4.74. The molecule has 0 atom stereocenters. The van der Waals surface area contributed by atoms with Crippen molar-refractivity contribution in [2.45, 2.75) is 31.4 Å².